The first-order valence-corrected chi connectivity index (χ1v) is 10.4. The maximum Gasteiger partial charge on any atom is 0.191 e. The van der Waals surface area contributed by atoms with E-state index in [4.69, 9.17) is 4.43 Å². The van der Waals surface area contributed by atoms with Crippen molar-refractivity contribution >= 4 is 8.32 Å². The van der Waals surface area contributed by atoms with Gasteiger partial charge in [-0.15, -0.1) is 0 Å². The van der Waals surface area contributed by atoms with Crippen LogP contribution in [-0.4, -0.2) is 33.9 Å². The number of nitrogens with zero attached hydrogens (tertiary/aromatic N) is 1. The molecule has 0 N–H and O–H groups in total. The zero-order valence-electron chi connectivity index (χ0n) is 14.3. The van der Waals surface area contributed by atoms with Gasteiger partial charge in [0.2, 0.25) is 0 Å². The maximum absolute atomic E-state index is 6.22. The van der Waals surface area contributed by atoms with Gasteiger partial charge in [-0.2, -0.15) is 0 Å². The van der Waals surface area contributed by atoms with E-state index in [9.17, 15) is 0 Å². The van der Waals surface area contributed by atoms with E-state index < -0.39 is 8.32 Å². The largest absolute Gasteiger partial charge is 0.416 e. The first-order chi connectivity index (χ1) is 9.12. The van der Waals surface area contributed by atoms with Gasteiger partial charge in [-0.1, -0.05) is 45.0 Å². The summed E-state index contributed by atoms with van der Waals surface area (Å²) in [5, 5.41) is 0.294. The highest BCUT2D eigenvalue weighted by atomic mass is 28.4. The lowest BCUT2D eigenvalue weighted by Gasteiger charge is -2.36. The molecular weight excluding hydrogens is 262 g/mol. The molecule has 0 spiro atoms. The van der Waals surface area contributed by atoms with Gasteiger partial charge in [0.15, 0.2) is 8.32 Å². The highest BCUT2D eigenvalue weighted by Gasteiger charge is 2.36. The fraction of sp³-hybridized carbons (Fsp3) is 0.647. The quantitative estimate of drug-likeness (QED) is 0.725. The van der Waals surface area contributed by atoms with Crippen LogP contribution in [0.3, 0.4) is 0 Å². The number of hydrogen-bond acceptors (Lipinski definition) is 2. The van der Waals surface area contributed by atoms with Gasteiger partial charge in [-0.25, -0.2) is 0 Å². The summed E-state index contributed by atoms with van der Waals surface area (Å²) in [5.74, 6) is 0. The van der Waals surface area contributed by atoms with Crippen LogP contribution in [-0.2, 0) is 17.4 Å². The summed E-state index contributed by atoms with van der Waals surface area (Å²) in [6.45, 7) is 13.3. The molecule has 0 aliphatic carbocycles. The predicted octanol–water partition coefficient (Wildman–Crippen LogP) is 4.31. The number of hydrogen-bond donors (Lipinski definition) is 0. The zero-order chi connectivity index (χ0) is 15.4. The molecule has 0 aliphatic heterocycles. The van der Waals surface area contributed by atoms with Crippen LogP contribution in [0.2, 0.25) is 18.1 Å². The molecule has 3 heteroatoms. The smallest absolute Gasteiger partial charge is 0.191 e. The van der Waals surface area contributed by atoms with Crippen molar-refractivity contribution in [3.8, 4) is 0 Å². The predicted molar refractivity (Wildman–Crippen MR) is 90.7 cm³/mol. The van der Waals surface area contributed by atoms with E-state index in [1.165, 1.54) is 11.1 Å². The van der Waals surface area contributed by atoms with Crippen LogP contribution in [0.4, 0.5) is 0 Å². The second kappa shape index (κ2) is 6.88. The Morgan fingerprint density at radius 1 is 1.00 bits per heavy atom. The summed E-state index contributed by atoms with van der Waals surface area (Å²) in [7, 11) is 2.60. The van der Waals surface area contributed by atoms with E-state index in [0.29, 0.717) is 5.04 Å². The fourth-order valence-corrected chi connectivity index (χ4v) is 2.86. The third kappa shape index (κ3) is 5.39. The molecule has 20 heavy (non-hydrogen) atoms. The van der Waals surface area contributed by atoms with Crippen LogP contribution in [0.25, 0.3) is 0 Å². The first kappa shape index (κ1) is 17.4. The Kier molecular flexibility index (Phi) is 5.99. The molecule has 2 nitrogen and oxygen atoms in total. The zero-order valence-corrected chi connectivity index (χ0v) is 15.3. The van der Waals surface area contributed by atoms with Gasteiger partial charge in [-0.3, -0.25) is 0 Å². The molecule has 114 valence electrons. The van der Waals surface area contributed by atoms with Crippen molar-refractivity contribution in [1.29, 1.82) is 0 Å². The standard InChI is InChI=1S/C17H31NOSi/c1-17(2,3)20(6,7)19-13-12-15-8-10-16(11-9-15)14-18(4)5/h8-11H,12-14H2,1-7H3. The van der Waals surface area contributed by atoms with Crippen LogP contribution in [0.15, 0.2) is 24.3 Å². The maximum atomic E-state index is 6.22. The molecule has 0 saturated carbocycles. The Balaban J connectivity index is 2.47. The molecular formula is C17H31NOSi. The summed E-state index contributed by atoms with van der Waals surface area (Å²) in [5.41, 5.74) is 2.73. The van der Waals surface area contributed by atoms with Crippen molar-refractivity contribution in [2.24, 2.45) is 0 Å². The Morgan fingerprint density at radius 2 is 1.50 bits per heavy atom. The van der Waals surface area contributed by atoms with Gasteiger partial charge in [0.25, 0.3) is 0 Å². The van der Waals surface area contributed by atoms with Gasteiger partial charge in [0.1, 0.15) is 0 Å². The van der Waals surface area contributed by atoms with E-state index in [1.54, 1.807) is 0 Å². The van der Waals surface area contributed by atoms with Crippen LogP contribution >= 0.6 is 0 Å². The van der Waals surface area contributed by atoms with Gasteiger partial charge < -0.3 is 9.33 Å². The molecule has 0 radical (unpaired) electrons. The lowest BCUT2D eigenvalue weighted by molar-refractivity contribution is 0.292. The van der Waals surface area contributed by atoms with Crippen LogP contribution < -0.4 is 0 Å². The van der Waals surface area contributed by atoms with Crippen molar-refractivity contribution < 1.29 is 4.43 Å². The lowest BCUT2D eigenvalue weighted by Crippen LogP contribution is -2.41. The SMILES string of the molecule is CN(C)Cc1ccc(CCO[Si](C)(C)C(C)(C)C)cc1. The van der Waals surface area contributed by atoms with Crippen molar-refractivity contribution in [3.63, 3.8) is 0 Å². The van der Waals surface area contributed by atoms with Crippen LogP contribution in [0.1, 0.15) is 31.9 Å². The van der Waals surface area contributed by atoms with E-state index >= 15 is 0 Å². The summed E-state index contributed by atoms with van der Waals surface area (Å²) < 4.78 is 6.22. The second-order valence-electron chi connectivity index (χ2n) is 7.41. The lowest BCUT2D eigenvalue weighted by atomic mass is 10.1. The Bertz CT molecular complexity index is 404. The van der Waals surface area contributed by atoms with E-state index in [1.807, 2.05) is 0 Å². The Hall–Kier alpha value is -0.643. The van der Waals surface area contributed by atoms with Crippen molar-refractivity contribution in [3.05, 3.63) is 35.4 Å². The van der Waals surface area contributed by atoms with Crippen LogP contribution in [0.5, 0.6) is 0 Å². The number of benzene rings is 1. The molecule has 0 atom stereocenters. The minimum absolute atomic E-state index is 0.294. The minimum atomic E-state index is -1.60. The van der Waals surface area contributed by atoms with Crippen molar-refractivity contribution in [2.45, 2.75) is 51.9 Å². The average Bonchev–Trinajstić information content (AvgIpc) is 2.29. The second-order valence-corrected chi connectivity index (χ2v) is 12.2. The topological polar surface area (TPSA) is 12.5 Å². The first-order valence-electron chi connectivity index (χ1n) is 7.48. The van der Waals surface area contributed by atoms with E-state index in [-0.39, 0.29) is 0 Å². The van der Waals surface area contributed by atoms with Gasteiger partial charge in [-0.05, 0) is 49.8 Å². The molecule has 0 heterocycles. The average molecular weight is 294 g/mol. The minimum Gasteiger partial charge on any atom is -0.416 e. The summed E-state index contributed by atoms with van der Waals surface area (Å²) in [6.07, 6.45) is 1.01. The van der Waals surface area contributed by atoms with Crippen molar-refractivity contribution in [1.82, 2.24) is 4.90 Å². The summed E-state index contributed by atoms with van der Waals surface area (Å²) >= 11 is 0. The molecule has 1 aromatic carbocycles. The van der Waals surface area contributed by atoms with Crippen LogP contribution in [0, 0.1) is 0 Å². The molecule has 0 fully saturated rings. The highest BCUT2D eigenvalue weighted by Crippen LogP contribution is 2.36. The molecule has 1 aromatic rings. The summed E-state index contributed by atoms with van der Waals surface area (Å²) in [6, 6.07) is 8.91. The Labute approximate surface area is 126 Å². The van der Waals surface area contributed by atoms with Gasteiger partial charge >= 0.3 is 0 Å². The van der Waals surface area contributed by atoms with Crippen molar-refractivity contribution in [2.75, 3.05) is 20.7 Å². The third-order valence-corrected chi connectivity index (χ3v) is 8.72. The molecule has 0 unspecified atom stereocenters. The van der Waals surface area contributed by atoms with E-state index in [0.717, 1.165) is 19.6 Å². The molecule has 0 saturated heterocycles. The summed E-state index contributed by atoms with van der Waals surface area (Å²) in [4.78, 5) is 2.19. The monoisotopic (exact) mass is 293 g/mol. The molecule has 1 rings (SSSR count). The number of rotatable bonds is 6. The highest BCUT2D eigenvalue weighted by molar-refractivity contribution is 6.74. The Morgan fingerprint density at radius 3 is 1.95 bits per heavy atom. The molecule has 0 aliphatic rings. The van der Waals surface area contributed by atoms with E-state index in [2.05, 4.69) is 77.1 Å². The third-order valence-electron chi connectivity index (χ3n) is 4.18. The normalized spacial score (nSPS) is 13.0. The molecule has 0 aromatic heterocycles. The molecule has 0 bridgehead atoms. The molecule has 0 amide bonds. The van der Waals surface area contributed by atoms with Gasteiger partial charge in [0, 0.05) is 13.2 Å². The fourth-order valence-electron chi connectivity index (χ4n) is 1.82. The van der Waals surface area contributed by atoms with Gasteiger partial charge in [0.05, 0.1) is 0 Å².